The Bertz CT molecular complexity index is 2460. The number of hydrogen-bond donors (Lipinski definition) is 0. The van der Waals surface area contributed by atoms with Gasteiger partial charge in [-0.3, -0.25) is 0 Å². The summed E-state index contributed by atoms with van der Waals surface area (Å²) in [7, 11) is 0. The number of furan rings is 1. The lowest BCUT2D eigenvalue weighted by Crippen LogP contribution is -2.10. The van der Waals surface area contributed by atoms with Crippen molar-refractivity contribution in [3.05, 3.63) is 185 Å². The van der Waals surface area contributed by atoms with E-state index in [-0.39, 0.29) is 0 Å². The number of nitrogens with zero attached hydrogens (tertiary/aromatic N) is 1. The summed E-state index contributed by atoms with van der Waals surface area (Å²) in [6.45, 7) is 0. The molecule has 0 amide bonds. The Morgan fingerprint density at radius 2 is 1.08 bits per heavy atom. The minimum atomic E-state index is 0.648. The van der Waals surface area contributed by atoms with Crippen LogP contribution in [0.5, 0.6) is 11.5 Å². The molecule has 9 rings (SSSR count). The first-order valence-corrected chi connectivity index (χ1v) is 16.6. The van der Waals surface area contributed by atoms with E-state index in [9.17, 15) is 0 Å². The highest BCUT2D eigenvalue weighted by Crippen LogP contribution is 2.43. The zero-order valence-corrected chi connectivity index (χ0v) is 26.8. The third kappa shape index (κ3) is 5.10. The second kappa shape index (κ2) is 11.8. The Balaban J connectivity index is 1.24. The van der Waals surface area contributed by atoms with Gasteiger partial charge in [0.25, 0.3) is 0 Å². The highest BCUT2D eigenvalue weighted by Gasteiger charge is 2.21. The molecule has 0 radical (unpaired) electrons. The second-order valence-electron chi connectivity index (χ2n) is 12.3. The average Bonchev–Trinajstić information content (AvgIpc) is 3.49. The standard InChI is InChI=1S/C44H30ClNO2/c45-33-19-18-31-24-29-10-4-6-14-37(29)38-15-7-5-11-30(38)25-32-26-35(21-23-41(32)47-43(31)27-33)46(34-12-2-1-3-13-34)36-20-22-40-39-16-8-9-17-42(39)48-44(40)28-36/h1-23,26-28H,24-25H2. The zero-order valence-electron chi connectivity index (χ0n) is 26.1. The number of fused-ring (bicyclic) bond motifs is 8. The van der Waals surface area contributed by atoms with E-state index in [0.717, 1.165) is 68.0 Å². The molecule has 0 fully saturated rings. The third-order valence-electron chi connectivity index (χ3n) is 9.27. The van der Waals surface area contributed by atoms with Gasteiger partial charge in [0.1, 0.15) is 22.7 Å². The molecule has 2 heterocycles. The van der Waals surface area contributed by atoms with Gasteiger partial charge in [0, 0.05) is 57.3 Å². The van der Waals surface area contributed by atoms with Gasteiger partial charge in [-0.25, -0.2) is 0 Å². The van der Waals surface area contributed by atoms with Crippen molar-refractivity contribution in [2.24, 2.45) is 0 Å². The molecule has 230 valence electrons. The van der Waals surface area contributed by atoms with Gasteiger partial charge >= 0.3 is 0 Å². The van der Waals surface area contributed by atoms with E-state index in [1.54, 1.807) is 0 Å². The molecule has 0 aliphatic carbocycles. The molecular weight excluding hydrogens is 610 g/mol. The van der Waals surface area contributed by atoms with Crippen LogP contribution >= 0.6 is 11.6 Å². The lowest BCUT2D eigenvalue weighted by atomic mass is 9.90. The lowest BCUT2D eigenvalue weighted by molar-refractivity contribution is 0.472. The minimum absolute atomic E-state index is 0.648. The predicted molar refractivity (Wildman–Crippen MR) is 197 cm³/mol. The van der Waals surface area contributed by atoms with Crippen LogP contribution < -0.4 is 9.64 Å². The normalized spacial score (nSPS) is 12.3. The maximum absolute atomic E-state index is 6.80. The highest BCUT2D eigenvalue weighted by molar-refractivity contribution is 6.30. The minimum Gasteiger partial charge on any atom is -0.457 e. The van der Waals surface area contributed by atoms with E-state index in [4.69, 9.17) is 20.8 Å². The number of halogens is 1. The molecule has 1 aromatic heterocycles. The lowest BCUT2D eigenvalue weighted by Gasteiger charge is -2.26. The van der Waals surface area contributed by atoms with Crippen LogP contribution in [-0.4, -0.2) is 0 Å². The average molecular weight is 640 g/mol. The van der Waals surface area contributed by atoms with Crippen molar-refractivity contribution in [2.75, 3.05) is 4.90 Å². The number of hydrogen-bond acceptors (Lipinski definition) is 3. The number of rotatable bonds is 3. The molecule has 0 spiro atoms. The van der Waals surface area contributed by atoms with Gasteiger partial charge in [-0.05, 0) is 88.5 Å². The highest BCUT2D eigenvalue weighted by atomic mass is 35.5. The molecule has 0 saturated heterocycles. The first-order valence-electron chi connectivity index (χ1n) is 16.2. The largest absolute Gasteiger partial charge is 0.457 e. The van der Waals surface area contributed by atoms with E-state index in [1.807, 2.05) is 30.3 Å². The molecule has 8 aromatic rings. The molecule has 1 aliphatic heterocycles. The van der Waals surface area contributed by atoms with Crippen LogP contribution in [0, 0.1) is 0 Å². The van der Waals surface area contributed by atoms with Gasteiger partial charge in [-0.15, -0.1) is 0 Å². The van der Waals surface area contributed by atoms with Crippen LogP contribution in [-0.2, 0) is 12.8 Å². The van der Waals surface area contributed by atoms with Gasteiger partial charge in [-0.2, -0.15) is 0 Å². The predicted octanol–water partition coefficient (Wildman–Crippen LogP) is 12.7. The second-order valence-corrected chi connectivity index (χ2v) is 12.7. The van der Waals surface area contributed by atoms with Crippen LogP contribution in [0.4, 0.5) is 17.1 Å². The van der Waals surface area contributed by atoms with E-state index < -0.39 is 0 Å². The number of ether oxygens (including phenoxy) is 1. The fraction of sp³-hybridized carbons (Fsp3) is 0.0455. The first kappa shape index (κ1) is 28.5. The third-order valence-corrected chi connectivity index (χ3v) is 9.51. The molecular formula is C44H30ClNO2. The zero-order chi connectivity index (χ0) is 32.0. The summed E-state index contributed by atoms with van der Waals surface area (Å²) >= 11 is 6.55. The fourth-order valence-electron chi connectivity index (χ4n) is 6.99. The van der Waals surface area contributed by atoms with E-state index >= 15 is 0 Å². The molecule has 0 N–H and O–H groups in total. The van der Waals surface area contributed by atoms with Crippen LogP contribution in [0.25, 0.3) is 33.1 Å². The van der Waals surface area contributed by atoms with Gasteiger partial charge < -0.3 is 14.1 Å². The Kier molecular flexibility index (Phi) is 6.99. The van der Waals surface area contributed by atoms with Crippen molar-refractivity contribution >= 4 is 50.6 Å². The van der Waals surface area contributed by atoms with Crippen molar-refractivity contribution in [2.45, 2.75) is 12.8 Å². The summed E-state index contributed by atoms with van der Waals surface area (Å²) in [6, 6.07) is 55.0. The Labute approximate surface area is 284 Å². The maximum atomic E-state index is 6.80. The van der Waals surface area contributed by atoms with Gasteiger partial charge in [0.2, 0.25) is 0 Å². The Morgan fingerprint density at radius 3 is 1.90 bits per heavy atom. The number of benzene rings is 7. The van der Waals surface area contributed by atoms with Gasteiger partial charge in [0.05, 0.1) is 0 Å². The van der Waals surface area contributed by atoms with E-state index in [2.05, 4.69) is 132 Å². The maximum Gasteiger partial charge on any atom is 0.137 e. The van der Waals surface area contributed by atoms with E-state index in [0.29, 0.717) is 11.4 Å². The van der Waals surface area contributed by atoms with Crippen molar-refractivity contribution < 1.29 is 9.15 Å². The first-order chi connectivity index (χ1) is 23.7. The van der Waals surface area contributed by atoms with Crippen molar-refractivity contribution in [1.82, 2.24) is 0 Å². The molecule has 48 heavy (non-hydrogen) atoms. The van der Waals surface area contributed by atoms with Gasteiger partial charge in [-0.1, -0.05) is 103 Å². The summed E-state index contributed by atoms with van der Waals surface area (Å²) in [5.41, 5.74) is 12.0. The number of anilines is 3. The molecule has 1 aliphatic rings. The molecule has 0 unspecified atom stereocenters. The molecule has 0 bridgehead atoms. The van der Waals surface area contributed by atoms with Crippen LogP contribution in [0.3, 0.4) is 0 Å². The quantitative estimate of drug-likeness (QED) is 0.192. The van der Waals surface area contributed by atoms with Gasteiger partial charge in [0.15, 0.2) is 0 Å². The summed E-state index contributed by atoms with van der Waals surface area (Å²) in [4.78, 5) is 2.28. The fourth-order valence-corrected chi connectivity index (χ4v) is 7.16. The molecule has 7 aromatic carbocycles. The van der Waals surface area contributed by atoms with Crippen molar-refractivity contribution in [3.8, 4) is 22.6 Å². The van der Waals surface area contributed by atoms with Crippen LogP contribution in [0.2, 0.25) is 5.02 Å². The molecule has 4 heteroatoms. The van der Waals surface area contributed by atoms with E-state index in [1.165, 1.54) is 22.3 Å². The SMILES string of the molecule is Clc1ccc2c(c1)Oc1ccc(N(c3ccccc3)c3ccc4c(c3)oc3ccccc34)cc1Cc1ccccc1-c1ccccc1C2. The number of para-hydroxylation sites is 2. The molecule has 0 atom stereocenters. The van der Waals surface area contributed by atoms with Crippen molar-refractivity contribution in [1.29, 1.82) is 0 Å². The topological polar surface area (TPSA) is 25.6 Å². The summed E-state index contributed by atoms with van der Waals surface area (Å²) in [5.74, 6) is 1.58. The Hall–Kier alpha value is -5.77. The van der Waals surface area contributed by atoms with Crippen LogP contribution in [0.15, 0.2) is 162 Å². The summed E-state index contributed by atoms with van der Waals surface area (Å²) < 4.78 is 13.1. The Morgan fingerprint density at radius 1 is 0.438 bits per heavy atom. The van der Waals surface area contributed by atoms with Crippen molar-refractivity contribution in [3.63, 3.8) is 0 Å². The molecule has 0 saturated carbocycles. The van der Waals surface area contributed by atoms with Crippen LogP contribution in [0.1, 0.15) is 22.3 Å². The monoisotopic (exact) mass is 639 g/mol. The smallest absolute Gasteiger partial charge is 0.137 e. The summed E-state index contributed by atoms with van der Waals surface area (Å²) in [5, 5.41) is 2.87. The summed E-state index contributed by atoms with van der Waals surface area (Å²) in [6.07, 6.45) is 1.42. The molecule has 3 nitrogen and oxygen atoms in total.